The SMILES string of the molecule is CC(C)(C)OC(=O)N[C@@H]1CCCC[C@H]1C(=O)OCOC(=O)C(C)(C)Oc1ccc(CCNC(=O)c2ccc(Cl)cc2)cc1. The van der Waals surface area contributed by atoms with Crippen molar-refractivity contribution < 1.29 is 38.1 Å². The van der Waals surface area contributed by atoms with Crippen LogP contribution in [0.15, 0.2) is 48.5 Å². The van der Waals surface area contributed by atoms with Gasteiger partial charge in [-0.25, -0.2) is 9.59 Å². The zero-order valence-corrected chi connectivity index (χ0v) is 26.1. The van der Waals surface area contributed by atoms with Gasteiger partial charge in [0.25, 0.3) is 5.91 Å². The molecule has 2 aromatic rings. The molecule has 43 heavy (non-hydrogen) atoms. The van der Waals surface area contributed by atoms with Gasteiger partial charge in [0.15, 0.2) is 5.60 Å². The van der Waals surface area contributed by atoms with Gasteiger partial charge in [-0.3, -0.25) is 9.59 Å². The molecule has 2 amide bonds. The third kappa shape index (κ3) is 11.1. The van der Waals surface area contributed by atoms with Gasteiger partial charge >= 0.3 is 18.0 Å². The topological polar surface area (TPSA) is 129 Å². The highest BCUT2D eigenvalue weighted by atomic mass is 35.5. The van der Waals surface area contributed by atoms with Crippen molar-refractivity contribution in [1.29, 1.82) is 0 Å². The minimum absolute atomic E-state index is 0.182. The molecule has 1 aliphatic carbocycles. The Morgan fingerprint density at radius 3 is 2.19 bits per heavy atom. The molecule has 10 nitrogen and oxygen atoms in total. The molecule has 0 aromatic heterocycles. The maximum atomic E-state index is 12.8. The molecule has 0 heterocycles. The number of hydrogen-bond acceptors (Lipinski definition) is 8. The predicted octanol–water partition coefficient (Wildman–Crippen LogP) is 5.60. The van der Waals surface area contributed by atoms with Crippen molar-refractivity contribution >= 4 is 35.5 Å². The van der Waals surface area contributed by atoms with Gasteiger partial charge in [0.05, 0.1) is 5.92 Å². The van der Waals surface area contributed by atoms with E-state index in [1.165, 1.54) is 0 Å². The van der Waals surface area contributed by atoms with Gasteiger partial charge in [-0.15, -0.1) is 0 Å². The Hall–Kier alpha value is -3.79. The van der Waals surface area contributed by atoms with Crippen molar-refractivity contribution in [2.45, 2.75) is 84.0 Å². The quantitative estimate of drug-likeness (QED) is 0.247. The summed E-state index contributed by atoms with van der Waals surface area (Å²) in [6.45, 7) is 8.28. The van der Waals surface area contributed by atoms with Crippen LogP contribution in [0.1, 0.15) is 76.2 Å². The number of benzene rings is 2. The lowest BCUT2D eigenvalue weighted by atomic mass is 9.84. The second kappa shape index (κ2) is 15.1. The van der Waals surface area contributed by atoms with Crippen LogP contribution in [0.5, 0.6) is 5.75 Å². The molecule has 0 bridgehead atoms. The molecule has 0 unspecified atom stereocenters. The lowest BCUT2D eigenvalue weighted by molar-refractivity contribution is -0.180. The van der Waals surface area contributed by atoms with E-state index in [0.29, 0.717) is 42.1 Å². The number of amides is 2. The fraction of sp³-hybridized carbons (Fsp3) is 0.500. The molecule has 2 N–H and O–H groups in total. The maximum Gasteiger partial charge on any atom is 0.407 e. The van der Waals surface area contributed by atoms with E-state index in [9.17, 15) is 19.2 Å². The number of hydrogen-bond donors (Lipinski definition) is 2. The number of rotatable bonds is 11. The summed E-state index contributed by atoms with van der Waals surface area (Å²) in [4.78, 5) is 49.9. The summed E-state index contributed by atoms with van der Waals surface area (Å²) in [6, 6.07) is 13.4. The number of ether oxygens (including phenoxy) is 4. The molecule has 0 saturated heterocycles. The first-order chi connectivity index (χ1) is 20.2. The average Bonchev–Trinajstić information content (AvgIpc) is 2.93. The molecular weight excluding hydrogens is 576 g/mol. The number of esters is 2. The summed E-state index contributed by atoms with van der Waals surface area (Å²) in [6.07, 6.45) is 2.88. The molecule has 3 rings (SSSR count). The summed E-state index contributed by atoms with van der Waals surface area (Å²) in [5.74, 6) is -1.55. The third-order valence-corrected chi connectivity index (χ3v) is 7.01. The molecule has 234 valence electrons. The standard InChI is InChI=1S/C32H41ClN2O8/c1-31(2,3)43-30(39)35-26-9-7-6-8-25(26)28(37)40-20-41-29(38)32(4,5)42-24-16-10-21(11-17-24)18-19-34-27(36)22-12-14-23(33)15-13-22/h10-17,25-26H,6-9,18-20H2,1-5H3,(H,34,36)(H,35,39)/t25-,26-/m1/s1. The zero-order valence-electron chi connectivity index (χ0n) is 25.4. The van der Waals surface area contributed by atoms with E-state index < -0.39 is 48.0 Å². The van der Waals surface area contributed by atoms with Gasteiger partial charge in [0, 0.05) is 23.2 Å². The first kappa shape index (κ1) is 33.7. The van der Waals surface area contributed by atoms with Crippen LogP contribution in [0.3, 0.4) is 0 Å². The van der Waals surface area contributed by atoms with Crippen molar-refractivity contribution in [2.75, 3.05) is 13.3 Å². The van der Waals surface area contributed by atoms with E-state index in [1.807, 2.05) is 12.1 Å². The Kier molecular flexibility index (Phi) is 11.8. The highest BCUT2D eigenvalue weighted by Gasteiger charge is 2.36. The van der Waals surface area contributed by atoms with Gasteiger partial charge in [-0.2, -0.15) is 0 Å². The number of carbonyl (C=O) groups excluding carboxylic acids is 4. The summed E-state index contributed by atoms with van der Waals surface area (Å²) in [5, 5.41) is 6.21. The summed E-state index contributed by atoms with van der Waals surface area (Å²) >= 11 is 5.86. The Morgan fingerprint density at radius 1 is 0.884 bits per heavy atom. The molecular formula is C32H41ClN2O8. The van der Waals surface area contributed by atoms with E-state index >= 15 is 0 Å². The number of carbonyl (C=O) groups is 4. The van der Waals surface area contributed by atoms with Crippen LogP contribution < -0.4 is 15.4 Å². The Balaban J connectivity index is 1.42. The first-order valence-electron chi connectivity index (χ1n) is 14.4. The molecule has 1 saturated carbocycles. The summed E-state index contributed by atoms with van der Waals surface area (Å²) in [5.41, 5.74) is -0.507. The summed E-state index contributed by atoms with van der Waals surface area (Å²) < 4.78 is 21.6. The van der Waals surface area contributed by atoms with Crippen molar-refractivity contribution in [1.82, 2.24) is 10.6 Å². The highest BCUT2D eigenvalue weighted by Crippen LogP contribution is 2.26. The number of alkyl carbamates (subject to hydrolysis) is 1. The Morgan fingerprint density at radius 2 is 1.53 bits per heavy atom. The summed E-state index contributed by atoms with van der Waals surface area (Å²) in [7, 11) is 0. The number of nitrogens with one attached hydrogen (secondary N) is 2. The first-order valence-corrected chi connectivity index (χ1v) is 14.8. The fourth-order valence-electron chi connectivity index (χ4n) is 4.55. The average molecular weight is 617 g/mol. The van der Waals surface area contributed by atoms with E-state index in [0.717, 1.165) is 18.4 Å². The van der Waals surface area contributed by atoms with Crippen LogP contribution in [-0.2, 0) is 30.2 Å². The third-order valence-electron chi connectivity index (χ3n) is 6.76. The van der Waals surface area contributed by atoms with Crippen LogP contribution in [0.2, 0.25) is 5.02 Å². The van der Waals surface area contributed by atoms with Crippen molar-refractivity contribution in [3.05, 3.63) is 64.7 Å². The van der Waals surface area contributed by atoms with Gasteiger partial charge < -0.3 is 29.6 Å². The van der Waals surface area contributed by atoms with Gasteiger partial charge in [-0.05, 0) is 95.8 Å². The van der Waals surface area contributed by atoms with Crippen LogP contribution in [0.25, 0.3) is 0 Å². The highest BCUT2D eigenvalue weighted by molar-refractivity contribution is 6.30. The second-order valence-electron chi connectivity index (χ2n) is 11.9. The molecule has 11 heteroatoms. The lowest BCUT2D eigenvalue weighted by Gasteiger charge is -2.31. The zero-order chi connectivity index (χ0) is 31.6. The maximum absolute atomic E-state index is 12.8. The Bertz CT molecular complexity index is 1260. The monoisotopic (exact) mass is 616 g/mol. The van der Waals surface area contributed by atoms with Gasteiger partial charge in [0.1, 0.15) is 11.4 Å². The molecule has 0 aliphatic heterocycles. The van der Waals surface area contributed by atoms with Gasteiger partial charge in [-0.1, -0.05) is 36.6 Å². The Labute approximate surface area is 257 Å². The lowest BCUT2D eigenvalue weighted by Crippen LogP contribution is -2.47. The molecule has 1 fully saturated rings. The molecule has 2 atom stereocenters. The molecule has 1 aliphatic rings. The minimum Gasteiger partial charge on any atom is -0.476 e. The van der Waals surface area contributed by atoms with Crippen LogP contribution in [0, 0.1) is 5.92 Å². The van der Waals surface area contributed by atoms with Crippen LogP contribution >= 0.6 is 11.6 Å². The molecule has 0 spiro atoms. The fourth-order valence-corrected chi connectivity index (χ4v) is 4.68. The normalized spacial score (nSPS) is 16.9. The molecule has 2 aromatic carbocycles. The largest absolute Gasteiger partial charge is 0.476 e. The van der Waals surface area contributed by atoms with E-state index in [1.54, 1.807) is 71.0 Å². The van der Waals surface area contributed by atoms with E-state index in [4.69, 9.17) is 30.5 Å². The van der Waals surface area contributed by atoms with Crippen molar-refractivity contribution in [2.24, 2.45) is 5.92 Å². The second-order valence-corrected chi connectivity index (χ2v) is 12.4. The van der Waals surface area contributed by atoms with Crippen molar-refractivity contribution in [3.8, 4) is 5.75 Å². The molecule has 0 radical (unpaired) electrons. The van der Waals surface area contributed by atoms with E-state index in [2.05, 4.69) is 10.6 Å². The van der Waals surface area contributed by atoms with E-state index in [-0.39, 0.29) is 5.91 Å². The minimum atomic E-state index is -1.36. The smallest absolute Gasteiger partial charge is 0.407 e. The van der Waals surface area contributed by atoms with Crippen molar-refractivity contribution in [3.63, 3.8) is 0 Å². The predicted molar refractivity (Wildman–Crippen MR) is 161 cm³/mol. The number of halogens is 1. The van der Waals surface area contributed by atoms with Gasteiger partial charge in [0.2, 0.25) is 6.79 Å². The van der Waals surface area contributed by atoms with Crippen LogP contribution in [0.4, 0.5) is 4.79 Å². The van der Waals surface area contributed by atoms with Crippen LogP contribution in [-0.4, -0.2) is 54.5 Å².